The van der Waals surface area contributed by atoms with Gasteiger partial charge in [-0.15, -0.1) is 0 Å². The molecule has 1 aromatic heterocycles. The van der Waals surface area contributed by atoms with Gasteiger partial charge in [0.1, 0.15) is 5.82 Å². The summed E-state index contributed by atoms with van der Waals surface area (Å²) < 4.78 is 13.3. The van der Waals surface area contributed by atoms with E-state index in [0.717, 1.165) is 23.2 Å². The molecule has 2 aliphatic rings. The van der Waals surface area contributed by atoms with Crippen molar-refractivity contribution in [3.63, 3.8) is 0 Å². The van der Waals surface area contributed by atoms with Gasteiger partial charge in [0.15, 0.2) is 0 Å². The SMILES string of the molecule is OC1C[C@@H]2CCCC[C@@H]2[C@H]1/C=C/c1ccc(-c2cccc(F)c2)cn1. The smallest absolute Gasteiger partial charge is 0.123 e. The Labute approximate surface area is 148 Å². The van der Waals surface area contributed by atoms with E-state index in [1.54, 1.807) is 12.3 Å². The molecule has 2 fully saturated rings. The van der Waals surface area contributed by atoms with Crippen LogP contribution in [0.25, 0.3) is 17.2 Å². The summed E-state index contributed by atoms with van der Waals surface area (Å²) in [4.78, 5) is 4.48. The highest BCUT2D eigenvalue weighted by molar-refractivity contribution is 5.63. The third-order valence-electron chi connectivity index (χ3n) is 5.88. The molecule has 2 saturated carbocycles. The van der Waals surface area contributed by atoms with Crippen molar-refractivity contribution in [1.82, 2.24) is 4.98 Å². The number of benzene rings is 1. The summed E-state index contributed by atoms with van der Waals surface area (Å²) >= 11 is 0. The van der Waals surface area contributed by atoms with Crippen LogP contribution in [0.2, 0.25) is 0 Å². The normalized spacial score (nSPS) is 29.0. The molecule has 0 aliphatic heterocycles. The Balaban J connectivity index is 1.48. The van der Waals surface area contributed by atoms with E-state index in [1.165, 1.54) is 37.8 Å². The maximum absolute atomic E-state index is 13.3. The maximum Gasteiger partial charge on any atom is 0.123 e. The van der Waals surface area contributed by atoms with Gasteiger partial charge in [0.2, 0.25) is 0 Å². The number of pyridine rings is 1. The molecule has 25 heavy (non-hydrogen) atoms. The predicted octanol–water partition coefficient (Wildman–Crippen LogP) is 5.09. The molecule has 1 unspecified atom stereocenters. The molecule has 2 aliphatic carbocycles. The number of aromatic nitrogens is 1. The van der Waals surface area contributed by atoms with Gasteiger partial charge in [-0.3, -0.25) is 4.98 Å². The van der Waals surface area contributed by atoms with Crippen molar-refractivity contribution in [3.8, 4) is 11.1 Å². The summed E-state index contributed by atoms with van der Waals surface area (Å²) in [6.45, 7) is 0. The van der Waals surface area contributed by atoms with Gasteiger partial charge in [-0.05, 0) is 54.5 Å². The minimum atomic E-state index is -0.237. The molecule has 0 amide bonds. The van der Waals surface area contributed by atoms with Crippen LogP contribution >= 0.6 is 0 Å². The van der Waals surface area contributed by atoms with E-state index >= 15 is 0 Å². The number of rotatable bonds is 3. The van der Waals surface area contributed by atoms with Crippen LogP contribution in [0.1, 0.15) is 37.8 Å². The maximum atomic E-state index is 13.3. The summed E-state index contributed by atoms with van der Waals surface area (Å²) in [6.07, 6.45) is 11.8. The van der Waals surface area contributed by atoms with Gasteiger partial charge in [-0.25, -0.2) is 4.39 Å². The lowest BCUT2D eigenvalue weighted by atomic mass is 9.78. The van der Waals surface area contributed by atoms with Gasteiger partial charge in [0.05, 0.1) is 11.8 Å². The predicted molar refractivity (Wildman–Crippen MR) is 98.2 cm³/mol. The fraction of sp³-hybridized carbons (Fsp3) is 0.409. The second-order valence-corrected chi connectivity index (χ2v) is 7.43. The highest BCUT2D eigenvalue weighted by atomic mass is 19.1. The van der Waals surface area contributed by atoms with E-state index < -0.39 is 0 Å². The Morgan fingerprint density at radius 3 is 2.76 bits per heavy atom. The molecular weight excluding hydrogens is 313 g/mol. The van der Waals surface area contributed by atoms with Crippen LogP contribution in [-0.4, -0.2) is 16.2 Å². The van der Waals surface area contributed by atoms with E-state index in [-0.39, 0.29) is 17.8 Å². The van der Waals surface area contributed by atoms with Crippen molar-refractivity contribution in [1.29, 1.82) is 0 Å². The first kappa shape index (κ1) is 16.5. The van der Waals surface area contributed by atoms with Crippen LogP contribution in [0, 0.1) is 23.6 Å². The van der Waals surface area contributed by atoms with Gasteiger partial charge in [0.25, 0.3) is 0 Å². The topological polar surface area (TPSA) is 33.1 Å². The molecular formula is C22H24FNO. The van der Waals surface area contributed by atoms with E-state index in [4.69, 9.17) is 0 Å². The molecule has 0 spiro atoms. The van der Waals surface area contributed by atoms with Crippen molar-refractivity contribution in [3.05, 3.63) is 60.2 Å². The molecule has 0 bridgehead atoms. The standard InChI is InChI=1S/C22H24FNO/c23-18-6-3-5-15(12-18)17-8-9-19(24-14-17)10-11-21-20-7-2-1-4-16(20)13-22(21)25/h3,5-6,8-12,14,16,20-22,25H,1-2,4,7,13H2/b11-10+/t16-,20-,21+,22?/m0/s1. The average Bonchev–Trinajstić information content (AvgIpc) is 2.95. The van der Waals surface area contributed by atoms with Gasteiger partial charge in [-0.1, -0.05) is 43.5 Å². The Hall–Kier alpha value is -2.00. The van der Waals surface area contributed by atoms with E-state index in [1.807, 2.05) is 24.3 Å². The molecule has 2 aromatic rings. The Morgan fingerprint density at radius 2 is 1.96 bits per heavy atom. The Bertz CT molecular complexity index is 755. The number of aliphatic hydroxyl groups excluding tert-OH is 1. The van der Waals surface area contributed by atoms with Crippen LogP contribution in [0.5, 0.6) is 0 Å². The van der Waals surface area contributed by atoms with Crippen LogP contribution in [0.3, 0.4) is 0 Å². The zero-order chi connectivity index (χ0) is 17.2. The molecule has 4 atom stereocenters. The van der Waals surface area contributed by atoms with Crippen molar-refractivity contribution in [2.75, 3.05) is 0 Å². The summed E-state index contributed by atoms with van der Waals surface area (Å²) in [5.74, 6) is 1.35. The third-order valence-corrected chi connectivity index (χ3v) is 5.88. The van der Waals surface area contributed by atoms with Crippen molar-refractivity contribution < 1.29 is 9.50 Å². The number of fused-ring (bicyclic) bond motifs is 1. The van der Waals surface area contributed by atoms with Gasteiger partial charge in [0, 0.05) is 17.7 Å². The van der Waals surface area contributed by atoms with Crippen LogP contribution < -0.4 is 0 Å². The quantitative estimate of drug-likeness (QED) is 0.846. The summed E-state index contributed by atoms with van der Waals surface area (Å²) in [5, 5.41) is 10.4. The van der Waals surface area contributed by atoms with Gasteiger partial charge in [-0.2, -0.15) is 0 Å². The van der Waals surface area contributed by atoms with Crippen LogP contribution in [0.15, 0.2) is 48.7 Å². The Morgan fingerprint density at radius 1 is 1.08 bits per heavy atom. The molecule has 130 valence electrons. The van der Waals surface area contributed by atoms with E-state index in [2.05, 4.69) is 11.1 Å². The number of halogens is 1. The molecule has 4 rings (SSSR count). The lowest BCUT2D eigenvalue weighted by molar-refractivity contribution is 0.140. The average molecular weight is 337 g/mol. The molecule has 1 heterocycles. The molecule has 0 radical (unpaired) electrons. The zero-order valence-corrected chi connectivity index (χ0v) is 14.3. The summed E-state index contributed by atoms with van der Waals surface area (Å²) in [7, 11) is 0. The first-order valence-corrected chi connectivity index (χ1v) is 9.29. The van der Waals surface area contributed by atoms with Gasteiger partial charge < -0.3 is 5.11 Å². The first-order chi connectivity index (χ1) is 12.2. The minimum Gasteiger partial charge on any atom is -0.392 e. The molecule has 0 saturated heterocycles. The highest BCUT2D eigenvalue weighted by Gasteiger charge is 2.41. The second kappa shape index (κ2) is 7.09. The lowest BCUT2D eigenvalue weighted by Gasteiger charge is -2.27. The number of nitrogens with zero attached hydrogens (tertiary/aromatic N) is 1. The van der Waals surface area contributed by atoms with Crippen molar-refractivity contribution >= 4 is 6.08 Å². The zero-order valence-electron chi connectivity index (χ0n) is 14.3. The Kier molecular flexibility index (Phi) is 4.67. The van der Waals surface area contributed by atoms with Gasteiger partial charge >= 0.3 is 0 Å². The van der Waals surface area contributed by atoms with Crippen LogP contribution in [0.4, 0.5) is 4.39 Å². The summed E-state index contributed by atoms with van der Waals surface area (Å²) in [5.41, 5.74) is 2.62. The minimum absolute atomic E-state index is 0.212. The molecule has 1 aromatic carbocycles. The third kappa shape index (κ3) is 3.52. The number of hydrogen-bond acceptors (Lipinski definition) is 2. The van der Waals surface area contributed by atoms with Crippen LogP contribution in [-0.2, 0) is 0 Å². The molecule has 3 heteroatoms. The summed E-state index contributed by atoms with van der Waals surface area (Å²) in [6, 6.07) is 10.5. The fourth-order valence-corrected chi connectivity index (χ4v) is 4.61. The fourth-order valence-electron chi connectivity index (χ4n) is 4.61. The lowest BCUT2D eigenvalue weighted by Crippen LogP contribution is -2.20. The highest BCUT2D eigenvalue weighted by Crippen LogP contribution is 2.46. The van der Waals surface area contributed by atoms with E-state index in [9.17, 15) is 9.50 Å². The second-order valence-electron chi connectivity index (χ2n) is 7.43. The monoisotopic (exact) mass is 337 g/mol. The van der Waals surface area contributed by atoms with E-state index in [0.29, 0.717) is 11.8 Å². The molecule has 2 nitrogen and oxygen atoms in total. The van der Waals surface area contributed by atoms with Crippen molar-refractivity contribution in [2.24, 2.45) is 17.8 Å². The molecule has 1 N–H and O–H groups in total. The number of aliphatic hydroxyl groups is 1. The number of hydrogen-bond donors (Lipinski definition) is 1. The largest absolute Gasteiger partial charge is 0.392 e. The first-order valence-electron chi connectivity index (χ1n) is 9.29. The van der Waals surface area contributed by atoms with Crippen molar-refractivity contribution in [2.45, 2.75) is 38.2 Å².